The van der Waals surface area contributed by atoms with Gasteiger partial charge in [0.25, 0.3) is 0 Å². The molecule has 0 radical (unpaired) electrons. The van der Waals surface area contributed by atoms with Crippen LogP contribution in [0.4, 0.5) is 0 Å². The molecule has 1 rings (SSSR count). The van der Waals surface area contributed by atoms with Crippen LogP contribution in [0.5, 0.6) is 0 Å². The third-order valence-corrected chi connectivity index (χ3v) is 4.36. The molecule has 0 aliphatic carbocycles. The van der Waals surface area contributed by atoms with E-state index in [0.29, 0.717) is 0 Å². The summed E-state index contributed by atoms with van der Waals surface area (Å²) in [5, 5.41) is 0. The van der Waals surface area contributed by atoms with Crippen molar-refractivity contribution in [3.63, 3.8) is 0 Å². The average Bonchev–Trinajstić information content (AvgIpc) is 2.25. The van der Waals surface area contributed by atoms with Crippen LogP contribution in [0, 0.1) is 5.92 Å². The first kappa shape index (κ1) is 12.4. The van der Waals surface area contributed by atoms with E-state index in [1.54, 1.807) is 0 Å². The van der Waals surface area contributed by atoms with Crippen molar-refractivity contribution >= 4 is 11.8 Å². The molecule has 0 aromatic carbocycles. The van der Waals surface area contributed by atoms with Gasteiger partial charge in [-0.3, -0.25) is 0 Å². The van der Waals surface area contributed by atoms with Crippen molar-refractivity contribution in [1.29, 1.82) is 0 Å². The Labute approximate surface area is 94.2 Å². The Hall–Kier alpha value is 0.350. The Kier molecular flexibility index (Phi) is 7.67. The summed E-state index contributed by atoms with van der Waals surface area (Å²) >= 11 is 2.15. The summed E-state index contributed by atoms with van der Waals surface area (Å²) in [4.78, 5) is 0. The van der Waals surface area contributed by atoms with E-state index in [0.717, 1.165) is 5.92 Å². The molecule has 0 aromatic rings. The SMILES string of the molecule is CCCCCCCCC1CCSCC1. The Bertz CT molecular complexity index is 116. The van der Waals surface area contributed by atoms with Gasteiger partial charge in [0.2, 0.25) is 0 Å². The normalized spacial score (nSPS) is 18.6. The second-order valence-electron chi connectivity index (χ2n) is 4.61. The minimum Gasteiger partial charge on any atom is -0.162 e. The Morgan fingerprint density at radius 1 is 0.929 bits per heavy atom. The average molecular weight is 214 g/mol. The van der Waals surface area contributed by atoms with Gasteiger partial charge in [0.1, 0.15) is 0 Å². The monoisotopic (exact) mass is 214 g/mol. The fourth-order valence-corrected chi connectivity index (χ4v) is 3.45. The predicted octanol–water partition coefficient (Wildman–Crippen LogP) is 4.88. The van der Waals surface area contributed by atoms with Crippen molar-refractivity contribution in [1.82, 2.24) is 0 Å². The van der Waals surface area contributed by atoms with Gasteiger partial charge < -0.3 is 0 Å². The molecule has 0 aromatic heterocycles. The second-order valence-corrected chi connectivity index (χ2v) is 5.84. The smallest absolute Gasteiger partial charge is 0.00649 e. The van der Waals surface area contributed by atoms with Gasteiger partial charge in [0.05, 0.1) is 0 Å². The summed E-state index contributed by atoms with van der Waals surface area (Å²) in [7, 11) is 0. The van der Waals surface area contributed by atoms with Gasteiger partial charge >= 0.3 is 0 Å². The first-order valence-electron chi connectivity index (χ1n) is 6.51. The molecular weight excluding hydrogens is 188 g/mol. The molecule has 84 valence electrons. The van der Waals surface area contributed by atoms with E-state index >= 15 is 0 Å². The van der Waals surface area contributed by atoms with E-state index in [9.17, 15) is 0 Å². The lowest BCUT2D eigenvalue weighted by molar-refractivity contribution is 0.425. The van der Waals surface area contributed by atoms with E-state index in [2.05, 4.69) is 18.7 Å². The van der Waals surface area contributed by atoms with Crippen molar-refractivity contribution in [2.24, 2.45) is 5.92 Å². The van der Waals surface area contributed by atoms with E-state index in [1.165, 1.54) is 69.3 Å². The Balaban J connectivity index is 1.82. The van der Waals surface area contributed by atoms with E-state index in [-0.39, 0.29) is 0 Å². The molecule has 0 N–H and O–H groups in total. The summed E-state index contributed by atoms with van der Waals surface area (Å²) in [6.07, 6.45) is 13.3. The van der Waals surface area contributed by atoms with Gasteiger partial charge in [-0.15, -0.1) is 0 Å². The molecule has 1 heteroatoms. The van der Waals surface area contributed by atoms with E-state index in [1.807, 2.05) is 0 Å². The van der Waals surface area contributed by atoms with Crippen molar-refractivity contribution < 1.29 is 0 Å². The van der Waals surface area contributed by atoms with Crippen LogP contribution in [0.25, 0.3) is 0 Å². The van der Waals surface area contributed by atoms with E-state index < -0.39 is 0 Å². The lowest BCUT2D eigenvalue weighted by Crippen LogP contribution is -2.09. The number of unbranched alkanes of at least 4 members (excludes halogenated alkanes) is 5. The largest absolute Gasteiger partial charge is 0.162 e. The third kappa shape index (κ3) is 5.95. The minimum atomic E-state index is 1.09. The highest BCUT2D eigenvalue weighted by atomic mass is 32.2. The first-order valence-corrected chi connectivity index (χ1v) is 7.66. The molecule has 0 spiro atoms. The molecule has 1 aliphatic rings. The van der Waals surface area contributed by atoms with Gasteiger partial charge in [0.15, 0.2) is 0 Å². The lowest BCUT2D eigenvalue weighted by Gasteiger charge is -2.20. The van der Waals surface area contributed by atoms with Gasteiger partial charge in [-0.1, -0.05) is 51.9 Å². The number of hydrogen-bond acceptors (Lipinski definition) is 1. The Morgan fingerprint density at radius 3 is 2.29 bits per heavy atom. The molecule has 0 nitrogen and oxygen atoms in total. The highest BCUT2D eigenvalue weighted by Crippen LogP contribution is 2.27. The number of rotatable bonds is 7. The van der Waals surface area contributed by atoms with Crippen molar-refractivity contribution in [3.05, 3.63) is 0 Å². The van der Waals surface area contributed by atoms with Crippen LogP contribution in [0.1, 0.15) is 64.7 Å². The van der Waals surface area contributed by atoms with Crippen LogP contribution in [-0.4, -0.2) is 11.5 Å². The maximum Gasteiger partial charge on any atom is -0.00649 e. The minimum absolute atomic E-state index is 1.09. The molecule has 1 heterocycles. The molecule has 1 fully saturated rings. The zero-order chi connectivity index (χ0) is 10.1. The summed E-state index contributed by atoms with van der Waals surface area (Å²) in [6.45, 7) is 2.29. The molecule has 0 amide bonds. The van der Waals surface area contributed by atoms with Crippen LogP contribution in [0.3, 0.4) is 0 Å². The molecular formula is C13H26S. The summed E-state index contributed by atoms with van der Waals surface area (Å²) in [6, 6.07) is 0. The van der Waals surface area contributed by atoms with Crippen molar-refractivity contribution in [3.8, 4) is 0 Å². The molecule has 1 saturated heterocycles. The zero-order valence-electron chi connectivity index (χ0n) is 9.76. The predicted molar refractivity (Wildman–Crippen MR) is 68.0 cm³/mol. The molecule has 0 bridgehead atoms. The van der Waals surface area contributed by atoms with Gasteiger partial charge in [-0.25, -0.2) is 0 Å². The van der Waals surface area contributed by atoms with Crippen LogP contribution >= 0.6 is 11.8 Å². The van der Waals surface area contributed by atoms with Crippen LogP contribution < -0.4 is 0 Å². The molecule has 0 atom stereocenters. The molecule has 0 unspecified atom stereocenters. The maximum atomic E-state index is 2.29. The fraction of sp³-hybridized carbons (Fsp3) is 1.00. The molecule has 0 saturated carbocycles. The van der Waals surface area contributed by atoms with Crippen molar-refractivity contribution in [2.75, 3.05) is 11.5 Å². The fourth-order valence-electron chi connectivity index (χ4n) is 2.25. The number of thioether (sulfide) groups is 1. The van der Waals surface area contributed by atoms with E-state index in [4.69, 9.17) is 0 Å². The van der Waals surface area contributed by atoms with Crippen molar-refractivity contribution in [2.45, 2.75) is 64.7 Å². The van der Waals surface area contributed by atoms with Crippen LogP contribution in [-0.2, 0) is 0 Å². The Morgan fingerprint density at radius 2 is 1.57 bits per heavy atom. The lowest BCUT2D eigenvalue weighted by atomic mass is 9.95. The van der Waals surface area contributed by atoms with Gasteiger partial charge in [-0.2, -0.15) is 11.8 Å². The highest BCUT2D eigenvalue weighted by Gasteiger charge is 2.12. The molecule has 14 heavy (non-hydrogen) atoms. The second kappa shape index (κ2) is 8.64. The number of hydrogen-bond donors (Lipinski definition) is 0. The third-order valence-electron chi connectivity index (χ3n) is 3.31. The maximum absolute atomic E-state index is 2.29. The van der Waals surface area contributed by atoms with Gasteiger partial charge in [0, 0.05) is 0 Å². The molecule has 1 aliphatic heterocycles. The van der Waals surface area contributed by atoms with Crippen LogP contribution in [0.15, 0.2) is 0 Å². The first-order chi connectivity index (χ1) is 6.93. The van der Waals surface area contributed by atoms with Gasteiger partial charge in [-0.05, 0) is 30.3 Å². The topological polar surface area (TPSA) is 0 Å². The zero-order valence-corrected chi connectivity index (χ0v) is 10.6. The standard InChI is InChI=1S/C13H26S/c1-2-3-4-5-6-7-8-13-9-11-14-12-10-13/h13H,2-12H2,1H3. The van der Waals surface area contributed by atoms with Crippen LogP contribution in [0.2, 0.25) is 0 Å². The summed E-state index contributed by atoms with van der Waals surface area (Å²) < 4.78 is 0. The summed E-state index contributed by atoms with van der Waals surface area (Å²) in [5.41, 5.74) is 0. The summed E-state index contributed by atoms with van der Waals surface area (Å²) in [5.74, 6) is 3.95. The quantitative estimate of drug-likeness (QED) is 0.544. The highest BCUT2D eigenvalue weighted by molar-refractivity contribution is 7.99.